The monoisotopic (exact) mass is 1760 g/mol. The van der Waals surface area contributed by atoms with Crippen molar-refractivity contribution in [3.05, 3.63) is 317 Å². The Morgan fingerprint density at radius 2 is 0.393 bits per heavy atom. The standard InChI is InChI=1S/C126H125BN6O2/c1-118(2,3)72-40-52-97-87(60-72)88-61-73(119(4,5)6)41-53-98(88)128(97)81-48-50-95-109(70-81)132(107-38-30-34-85-83-32-28-36-105(114(83)134-116(85)107)130-101-56-44-76(122(13,14)15)64-91(101)92-65-77(123(16,17)18)45-57-102(92)130)111-68-80(126(25,26)27)69-112-113(111)127(95)96-51-49-82(129-99-54-42-74(120(7,8)9)62-89(99)90-63-75(121(10,11)12)43-55-100(90)129)71-110(96)133(112)108-39-31-35-86-84-33-29-37-106(115(84)135-117(86)108)131-103-58-46-78(124(19,20)21)66-93(103)94-67-79(125(22,23)24)47-59-104(94)131/h28-71H,1-27H3. The van der Waals surface area contributed by atoms with Crippen LogP contribution >= 0.6 is 0 Å². The van der Waals surface area contributed by atoms with Gasteiger partial charge in [0.2, 0.25) is 0 Å². The van der Waals surface area contributed by atoms with Gasteiger partial charge in [-0.3, -0.25) is 0 Å². The molecule has 674 valence electrons. The molecule has 0 amide bonds. The Bertz CT molecular complexity index is 7910. The molecule has 8 nitrogen and oxygen atoms in total. The summed E-state index contributed by atoms with van der Waals surface area (Å²) in [6, 6.07) is 105. The van der Waals surface area contributed by atoms with Crippen LogP contribution in [0.5, 0.6) is 0 Å². The summed E-state index contributed by atoms with van der Waals surface area (Å²) in [4.78, 5) is 5.25. The molecule has 9 heteroatoms. The molecule has 135 heavy (non-hydrogen) atoms. The molecule has 2 aliphatic heterocycles. The van der Waals surface area contributed by atoms with E-state index in [-0.39, 0.29) is 50.0 Å². The summed E-state index contributed by atoms with van der Waals surface area (Å²) >= 11 is 0. The van der Waals surface area contributed by atoms with E-state index in [0.717, 1.165) is 145 Å². The number of nitrogens with zero attached hydrogens (tertiary/aromatic N) is 6. The maximum absolute atomic E-state index is 8.07. The zero-order valence-corrected chi connectivity index (χ0v) is 84.0. The molecule has 0 atom stereocenters. The van der Waals surface area contributed by atoms with Gasteiger partial charge in [-0.25, -0.2) is 0 Å². The fraction of sp³-hybridized carbons (Fsp3) is 0.286. The first-order chi connectivity index (χ1) is 63.6. The van der Waals surface area contributed by atoms with Crippen LogP contribution < -0.4 is 26.2 Å². The van der Waals surface area contributed by atoms with E-state index in [2.05, 4.69) is 482 Å². The largest absolute Gasteiger partial charge is 0.452 e. The first-order valence-electron chi connectivity index (χ1n) is 49.0. The molecule has 23 rings (SSSR count). The first kappa shape index (κ1) is 85.9. The molecule has 21 aromatic rings. The summed E-state index contributed by atoms with van der Waals surface area (Å²) in [5.74, 6) is 0. The van der Waals surface area contributed by atoms with Crippen molar-refractivity contribution in [2.45, 2.75) is 236 Å². The third-order valence-corrected chi connectivity index (χ3v) is 30.3. The van der Waals surface area contributed by atoms with Crippen molar-refractivity contribution in [1.29, 1.82) is 0 Å². The van der Waals surface area contributed by atoms with Gasteiger partial charge < -0.3 is 36.9 Å². The van der Waals surface area contributed by atoms with E-state index in [1.807, 2.05) is 0 Å². The molecular formula is C126H125BN6O2. The molecule has 6 aromatic heterocycles. The van der Waals surface area contributed by atoms with Crippen LogP contribution in [-0.2, 0) is 48.7 Å². The second-order valence-electron chi connectivity index (χ2n) is 48.8. The average molecular weight is 1770 g/mol. The van der Waals surface area contributed by atoms with E-state index < -0.39 is 5.41 Å². The lowest BCUT2D eigenvalue weighted by Gasteiger charge is -2.45. The summed E-state index contributed by atoms with van der Waals surface area (Å²) in [5.41, 5.74) is 37.0. The van der Waals surface area contributed by atoms with Crippen molar-refractivity contribution in [2.24, 2.45) is 0 Å². The highest BCUT2D eigenvalue weighted by Crippen LogP contribution is 2.55. The predicted octanol–water partition coefficient (Wildman–Crippen LogP) is 33.6. The molecule has 0 aliphatic carbocycles. The maximum Gasteiger partial charge on any atom is 0.252 e. The second-order valence-corrected chi connectivity index (χ2v) is 48.8. The lowest BCUT2D eigenvalue weighted by molar-refractivity contribution is 0.590. The lowest BCUT2D eigenvalue weighted by Crippen LogP contribution is -2.61. The molecule has 0 fully saturated rings. The molecular weight excluding hydrogens is 1640 g/mol. The third kappa shape index (κ3) is 13.2. The minimum Gasteiger partial charge on any atom is -0.452 e. The van der Waals surface area contributed by atoms with Gasteiger partial charge in [0.25, 0.3) is 6.71 Å². The number of hydrogen-bond donors (Lipinski definition) is 0. The van der Waals surface area contributed by atoms with E-state index in [0.29, 0.717) is 0 Å². The number of benzene rings is 15. The third-order valence-electron chi connectivity index (χ3n) is 30.3. The number of fused-ring (bicyclic) bond motifs is 22. The van der Waals surface area contributed by atoms with Gasteiger partial charge in [0.05, 0.1) is 66.9 Å². The lowest BCUT2D eigenvalue weighted by atomic mass is 9.33. The Hall–Kier alpha value is -13.2. The minimum atomic E-state index is -0.391. The van der Waals surface area contributed by atoms with E-state index >= 15 is 0 Å². The smallest absolute Gasteiger partial charge is 0.252 e. The number of aromatic nitrogens is 4. The minimum absolute atomic E-state index is 0.0685. The van der Waals surface area contributed by atoms with Crippen molar-refractivity contribution in [2.75, 3.05) is 9.80 Å². The molecule has 0 saturated heterocycles. The van der Waals surface area contributed by atoms with Crippen molar-refractivity contribution in [3.8, 4) is 22.7 Å². The average Bonchev–Trinajstić information content (AvgIpc) is 1.69. The van der Waals surface area contributed by atoms with Crippen molar-refractivity contribution >= 4 is 188 Å². The summed E-state index contributed by atoms with van der Waals surface area (Å²) in [6.45, 7) is 62.8. The van der Waals surface area contributed by atoms with Crippen LogP contribution in [0.2, 0.25) is 0 Å². The van der Waals surface area contributed by atoms with E-state index in [4.69, 9.17) is 8.83 Å². The van der Waals surface area contributed by atoms with Gasteiger partial charge in [-0.15, -0.1) is 0 Å². The molecule has 0 N–H and O–H groups in total. The Morgan fingerprint density at radius 3 is 0.622 bits per heavy atom. The molecule has 2 aliphatic rings. The molecule has 0 spiro atoms. The van der Waals surface area contributed by atoms with Gasteiger partial charge >= 0.3 is 0 Å². The second kappa shape index (κ2) is 28.7. The number of anilines is 6. The molecule has 0 radical (unpaired) electrons. The molecule has 0 saturated carbocycles. The SMILES string of the molecule is CC(C)(C)c1cc2c3c(c1)N(c1cccc4c1oc1c(-n5c6ccc(C(C)(C)C)cc6c6cc(C(C)(C)C)ccc65)cccc14)c1cc(-n4c5ccc(C(C)(C)C)cc5c5cc(C(C)(C)C)ccc54)ccc1B3c1ccc(-n3c4ccc(C(C)(C)C)cc4c4cc(C(C)(C)C)ccc43)cc1N2c1cccc2c1oc1c(-n3c4ccc(C(C)(C)C)cc4c4cc(C(C)(C)C)ccc43)cccc12. The molecule has 8 heterocycles. The highest BCUT2D eigenvalue weighted by atomic mass is 16.3. The Morgan fingerprint density at radius 1 is 0.178 bits per heavy atom. The normalized spacial score (nSPS) is 14.0. The highest BCUT2D eigenvalue weighted by molar-refractivity contribution is 7.00. The fourth-order valence-electron chi connectivity index (χ4n) is 22.4. The number of hydrogen-bond acceptors (Lipinski definition) is 4. The quantitative estimate of drug-likeness (QED) is 0.156. The van der Waals surface area contributed by atoms with E-state index in [1.165, 1.54) is 110 Å². The van der Waals surface area contributed by atoms with Crippen molar-refractivity contribution < 1.29 is 8.83 Å². The van der Waals surface area contributed by atoms with E-state index in [9.17, 15) is 0 Å². The topological polar surface area (TPSA) is 52.5 Å². The fourth-order valence-corrected chi connectivity index (χ4v) is 22.4. The van der Waals surface area contributed by atoms with Gasteiger partial charge in [-0.1, -0.05) is 296 Å². The van der Waals surface area contributed by atoms with Crippen LogP contribution in [0.15, 0.2) is 276 Å². The number of furan rings is 2. The zero-order valence-electron chi connectivity index (χ0n) is 84.0. The number of rotatable bonds is 6. The predicted molar refractivity (Wildman–Crippen MR) is 581 cm³/mol. The maximum atomic E-state index is 8.07. The first-order valence-corrected chi connectivity index (χ1v) is 49.0. The molecule has 0 unspecified atom stereocenters. The van der Waals surface area contributed by atoms with Crippen LogP contribution in [0.3, 0.4) is 0 Å². The Balaban J connectivity index is 0.832. The van der Waals surface area contributed by atoms with Gasteiger partial charge in [0.15, 0.2) is 22.3 Å². The molecule has 15 aromatic carbocycles. The van der Waals surface area contributed by atoms with Crippen molar-refractivity contribution in [3.63, 3.8) is 0 Å². The van der Waals surface area contributed by atoms with Gasteiger partial charge in [-0.05, 0) is 273 Å². The summed E-state index contributed by atoms with van der Waals surface area (Å²) in [5, 5.41) is 14.1. The molecule has 0 bridgehead atoms. The van der Waals surface area contributed by atoms with Crippen LogP contribution in [0.25, 0.3) is 154 Å². The zero-order chi connectivity index (χ0) is 94.6. The van der Waals surface area contributed by atoms with Gasteiger partial charge in [-0.2, -0.15) is 0 Å². The van der Waals surface area contributed by atoms with Crippen LogP contribution in [0.4, 0.5) is 34.1 Å². The number of para-hydroxylation sites is 4. The van der Waals surface area contributed by atoms with Gasteiger partial charge in [0, 0.05) is 98.8 Å². The van der Waals surface area contributed by atoms with E-state index in [1.54, 1.807) is 0 Å². The Labute approximate surface area is 795 Å². The Kier molecular flexibility index (Phi) is 18.3. The highest BCUT2D eigenvalue weighted by Gasteiger charge is 2.47. The van der Waals surface area contributed by atoms with Gasteiger partial charge in [0.1, 0.15) is 0 Å². The van der Waals surface area contributed by atoms with Crippen LogP contribution in [-0.4, -0.2) is 25.0 Å². The summed E-state index contributed by atoms with van der Waals surface area (Å²) in [7, 11) is 0. The summed E-state index contributed by atoms with van der Waals surface area (Å²) in [6.07, 6.45) is 0. The van der Waals surface area contributed by atoms with Crippen LogP contribution in [0, 0.1) is 0 Å². The summed E-state index contributed by atoms with van der Waals surface area (Å²) < 4.78 is 26.2. The van der Waals surface area contributed by atoms with Crippen molar-refractivity contribution in [1.82, 2.24) is 18.3 Å². The van der Waals surface area contributed by atoms with Crippen LogP contribution in [0.1, 0.15) is 237 Å².